The average Bonchev–Trinajstić information content (AvgIpc) is 2.76. The Bertz CT molecular complexity index is 777. The van der Waals surface area contributed by atoms with Gasteiger partial charge >= 0.3 is 0 Å². The van der Waals surface area contributed by atoms with Crippen molar-refractivity contribution in [1.29, 1.82) is 0 Å². The minimum Gasteiger partial charge on any atom is -0.354 e. The third kappa shape index (κ3) is 7.86. The quantitative estimate of drug-likeness (QED) is 0.375. The van der Waals surface area contributed by atoms with Crippen LogP contribution >= 0.6 is 11.8 Å². The highest BCUT2D eigenvalue weighted by molar-refractivity contribution is 7.99. The number of benzene rings is 2. The molecule has 0 aliphatic rings. The lowest BCUT2D eigenvalue weighted by atomic mass is 10.1. The second-order valence-corrected chi connectivity index (χ2v) is 8.66. The van der Waals surface area contributed by atoms with Crippen molar-refractivity contribution in [2.75, 3.05) is 12.3 Å². The van der Waals surface area contributed by atoms with Gasteiger partial charge in [0.25, 0.3) is 0 Å². The van der Waals surface area contributed by atoms with Crippen molar-refractivity contribution >= 4 is 23.6 Å². The second kappa shape index (κ2) is 13.1. The highest BCUT2D eigenvalue weighted by Gasteiger charge is 2.28. The summed E-state index contributed by atoms with van der Waals surface area (Å²) in [6, 6.07) is 17.8. The number of rotatable bonds is 12. The van der Waals surface area contributed by atoms with Gasteiger partial charge in [-0.3, -0.25) is 9.59 Å². The Morgan fingerprint density at radius 3 is 2.37 bits per heavy atom. The summed E-state index contributed by atoms with van der Waals surface area (Å²) in [4.78, 5) is 28.9. The van der Waals surface area contributed by atoms with Gasteiger partial charge < -0.3 is 10.2 Å². The molecule has 0 aliphatic heterocycles. The molecule has 0 unspecified atom stereocenters. The molecule has 30 heavy (non-hydrogen) atoms. The van der Waals surface area contributed by atoms with Gasteiger partial charge in [0, 0.05) is 30.2 Å². The van der Waals surface area contributed by atoms with Crippen LogP contribution in [0.25, 0.3) is 0 Å². The summed E-state index contributed by atoms with van der Waals surface area (Å²) in [5, 5.41) is 3.00. The van der Waals surface area contributed by atoms with Crippen LogP contribution in [0.1, 0.15) is 50.7 Å². The van der Waals surface area contributed by atoms with E-state index in [2.05, 4.69) is 43.4 Å². The van der Waals surface area contributed by atoms with Gasteiger partial charge in [0.15, 0.2) is 0 Å². The van der Waals surface area contributed by atoms with Gasteiger partial charge in [-0.15, -0.1) is 11.8 Å². The Balaban J connectivity index is 2.05. The van der Waals surface area contributed by atoms with E-state index >= 15 is 0 Å². The molecule has 0 radical (unpaired) electrons. The first-order valence-corrected chi connectivity index (χ1v) is 11.8. The van der Waals surface area contributed by atoms with Gasteiger partial charge in [0.1, 0.15) is 6.04 Å². The van der Waals surface area contributed by atoms with Gasteiger partial charge in [-0.05, 0) is 37.5 Å². The Labute approximate surface area is 185 Å². The molecule has 4 nitrogen and oxygen atoms in total. The standard InChI is InChI=1S/C25H34N2O2S/c1-4-6-17-26-25(29)23(5-2)27(19-21-10-8-7-9-11-21)24(28)16-18-30-22-14-12-20(3)13-15-22/h7-15,23H,4-6,16-19H2,1-3H3,(H,26,29)/t23-/m0/s1. The van der Waals surface area contributed by atoms with E-state index in [0.717, 1.165) is 23.3 Å². The molecule has 2 rings (SSSR count). The topological polar surface area (TPSA) is 49.4 Å². The molecule has 0 saturated heterocycles. The number of amides is 2. The zero-order valence-electron chi connectivity index (χ0n) is 18.4. The lowest BCUT2D eigenvalue weighted by Gasteiger charge is -2.30. The number of unbranched alkanes of at least 4 members (excludes halogenated alkanes) is 1. The van der Waals surface area contributed by atoms with E-state index in [0.29, 0.717) is 31.7 Å². The molecule has 0 bridgehead atoms. The van der Waals surface area contributed by atoms with Crippen LogP contribution in [0, 0.1) is 6.92 Å². The van der Waals surface area contributed by atoms with Crippen molar-refractivity contribution in [3.8, 4) is 0 Å². The fraction of sp³-hybridized carbons (Fsp3) is 0.440. The van der Waals surface area contributed by atoms with E-state index in [9.17, 15) is 9.59 Å². The molecular weight excluding hydrogens is 392 g/mol. The zero-order valence-corrected chi connectivity index (χ0v) is 19.2. The minimum absolute atomic E-state index is 0.0240. The van der Waals surface area contributed by atoms with E-state index in [1.54, 1.807) is 16.7 Å². The number of hydrogen-bond donors (Lipinski definition) is 1. The van der Waals surface area contributed by atoms with E-state index in [-0.39, 0.29) is 11.8 Å². The van der Waals surface area contributed by atoms with Gasteiger partial charge in [-0.1, -0.05) is 68.3 Å². The van der Waals surface area contributed by atoms with Crippen LogP contribution in [0.5, 0.6) is 0 Å². The number of carbonyl (C=O) groups excluding carboxylic acids is 2. The Morgan fingerprint density at radius 1 is 1.03 bits per heavy atom. The molecule has 0 heterocycles. The summed E-state index contributed by atoms with van der Waals surface area (Å²) in [5.74, 6) is 0.665. The smallest absolute Gasteiger partial charge is 0.242 e. The molecule has 162 valence electrons. The van der Waals surface area contributed by atoms with Crippen molar-refractivity contribution in [2.45, 2.75) is 63.9 Å². The molecule has 2 amide bonds. The number of thioether (sulfide) groups is 1. The molecule has 0 aromatic heterocycles. The molecule has 5 heteroatoms. The van der Waals surface area contributed by atoms with E-state index < -0.39 is 6.04 Å². The summed E-state index contributed by atoms with van der Waals surface area (Å²) in [7, 11) is 0. The largest absolute Gasteiger partial charge is 0.354 e. The van der Waals surface area contributed by atoms with Crippen molar-refractivity contribution in [2.24, 2.45) is 0 Å². The lowest BCUT2D eigenvalue weighted by molar-refractivity contribution is -0.141. The molecule has 0 aliphatic carbocycles. The number of aryl methyl sites for hydroxylation is 1. The van der Waals surface area contributed by atoms with Crippen LogP contribution in [0.4, 0.5) is 0 Å². The zero-order chi connectivity index (χ0) is 21.8. The molecule has 0 spiro atoms. The molecular formula is C25H34N2O2S. The average molecular weight is 427 g/mol. The highest BCUT2D eigenvalue weighted by Crippen LogP contribution is 2.21. The van der Waals surface area contributed by atoms with E-state index in [4.69, 9.17) is 0 Å². The monoisotopic (exact) mass is 426 g/mol. The van der Waals surface area contributed by atoms with Gasteiger partial charge in [-0.25, -0.2) is 0 Å². The van der Waals surface area contributed by atoms with Gasteiger partial charge in [0.05, 0.1) is 0 Å². The van der Waals surface area contributed by atoms with Gasteiger partial charge in [-0.2, -0.15) is 0 Å². The van der Waals surface area contributed by atoms with Crippen molar-refractivity contribution in [1.82, 2.24) is 10.2 Å². The van der Waals surface area contributed by atoms with E-state index in [1.165, 1.54) is 5.56 Å². The van der Waals surface area contributed by atoms with Crippen molar-refractivity contribution < 1.29 is 9.59 Å². The maximum absolute atomic E-state index is 13.2. The summed E-state index contributed by atoms with van der Waals surface area (Å²) < 4.78 is 0. The molecule has 1 N–H and O–H groups in total. The summed E-state index contributed by atoms with van der Waals surface area (Å²) >= 11 is 1.68. The van der Waals surface area contributed by atoms with Crippen LogP contribution < -0.4 is 5.32 Å². The van der Waals surface area contributed by atoms with Crippen LogP contribution in [0.15, 0.2) is 59.5 Å². The number of nitrogens with one attached hydrogen (secondary N) is 1. The fourth-order valence-corrected chi connectivity index (χ4v) is 4.08. The Hall–Kier alpha value is -2.27. The first-order valence-electron chi connectivity index (χ1n) is 10.9. The number of hydrogen-bond acceptors (Lipinski definition) is 3. The predicted molar refractivity (Wildman–Crippen MR) is 126 cm³/mol. The third-order valence-corrected chi connectivity index (χ3v) is 6.03. The predicted octanol–water partition coefficient (Wildman–Crippen LogP) is 5.20. The normalized spacial score (nSPS) is 11.7. The summed E-state index contributed by atoms with van der Waals surface area (Å²) in [6.45, 7) is 7.24. The third-order valence-electron chi connectivity index (χ3n) is 5.02. The maximum Gasteiger partial charge on any atom is 0.242 e. The molecule has 2 aromatic rings. The number of nitrogens with zero attached hydrogens (tertiary/aromatic N) is 1. The van der Waals surface area contributed by atoms with Crippen LogP contribution in [-0.2, 0) is 16.1 Å². The molecule has 2 aromatic carbocycles. The first-order chi connectivity index (χ1) is 14.5. The summed E-state index contributed by atoms with van der Waals surface area (Å²) in [6.07, 6.45) is 2.98. The Morgan fingerprint density at radius 2 is 1.73 bits per heavy atom. The molecule has 0 fully saturated rings. The SMILES string of the molecule is CCCCNC(=O)[C@H](CC)N(Cc1ccccc1)C(=O)CCSc1ccc(C)cc1. The first kappa shape index (κ1) is 24.0. The second-order valence-electron chi connectivity index (χ2n) is 7.49. The van der Waals surface area contributed by atoms with Crippen LogP contribution in [0.3, 0.4) is 0 Å². The minimum atomic E-state index is -0.445. The number of carbonyl (C=O) groups is 2. The highest BCUT2D eigenvalue weighted by atomic mass is 32.2. The van der Waals surface area contributed by atoms with Crippen LogP contribution in [0.2, 0.25) is 0 Å². The molecule has 1 atom stereocenters. The maximum atomic E-state index is 13.2. The van der Waals surface area contributed by atoms with Crippen molar-refractivity contribution in [3.63, 3.8) is 0 Å². The molecule has 0 saturated carbocycles. The Kier molecular flexibility index (Phi) is 10.5. The fourth-order valence-electron chi connectivity index (χ4n) is 3.24. The lowest BCUT2D eigenvalue weighted by Crippen LogP contribution is -2.49. The summed E-state index contributed by atoms with van der Waals surface area (Å²) in [5.41, 5.74) is 2.26. The van der Waals surface area contributed by atoms with Crippen LogP contribution in [-0.4, -0.2) is 35.1 Å². The van der Waals surface area contributed by atoms with E-state index in [1.807, 2.05) is 37.3 Å². The van der Waals surface area contributed by atoms with Gasteiger partial charge in [0.2, 0.25) is 11.8 Å². The van der Waals surface area contributed by atoms with Crippen molar-refractivity contribution in [3.05, 3.63) is 65.7 Å².